The van der Waals surface area contributed by atoms with Crippen LogP contribution in [0.25, 0.3) is 0 Å². The Morgan fingerprint density at radius 1 is 1.09 bits per heavy atom. The van der Waals surface area contributed by atoms with E-state index >= 15 is 0 Å². The Balaban J connectivity index is 1.51. The Hall–Kier alpha value is -2.53. The lowest BCUT2D eigenvalue weighted by atomic mass is 9.58. The van der Waals surface area contributed by atoms with Crippen molar-refractivity contribution in [3.8, 4) is 5.75 Å². The summed E-state index contributed by atoms with van der Waals surface area (Å²) in [5.74, 6) is 0.228. The van der Waals surface area contributed by atoms with Gasteiger partial charge in [0.25, 0.3) is 0 Å². The first-order chi connectivity index (χ1) is 16.1. The van der Waals surface area contributed by atoms with Crippen LogP contribution in [-0.4, -0.2) is 22.2 Å². The van der Waals surface area contributed by atoms with Gasteiger partial charge >= 0.3 is 5.97 Å². The predicted octanol–water partition coefficient (Wildman–Crippen LogP) is 6.89. The van der Waals surface area contributed by atoms with Crippen LogP contribution in [0.2, 0.25) is 0 Å². The highest BCUT2D eigenvalue weighted by atomic mass is 79.9. The molecule has 180 valence electrons. The summed E-state index contributed by atoms with van der Waals surface area (Å²) in [6.07, 6.45) is 5.11. The highest BCUT2D eigenvalue weighted by Crippen LogP contribution is 2.49. The van der Waals surface area contributed by atoms with Crippen LogP contribution in [0.4, 0.5) is 0 Å². The molecule has 5 heteroatoms. The molecule has 0 amide bonds. The van der Waals surface area contributed by atoms with Gasteiger partial charge in [-0.25, -0.2) is 0 Å². The van der Waals surface area contributed by atoms with E-state index in [0.29, 0.717) is 6.61 Å². The quantitative estimate of drug-likeness (QED) is 0.271. The number of carbonyl (C=O) groups is 1. The number of fused-ring (bicyclic) bond motifs is 1. The summed E-state index contributed by atoms with van der Waals surface area (Å²) >= 11 is 3.59. The fraction of sp³-hybridized carbons (Fsp3) is 0.414. The highest BCUT2D eigenvalue weighted by molar-refractivity contribution is 9.08. The van der Waals surface area contributed by atoms with Gasteiger partial charge in [-0.2, -0.15) is 0 Å². The zero-order chi connectivity index (χ0) is 24.5. The van der Waals surface area contributed by atoms with E-state index in [9.17, 15) is 9.90 Å². The van der Waals surface area contributed by atoms with Crippen LogP contribution >= 0.6 is 15.9 Å². The Morgan fingerprint density at radius 2 is 1.76 bits per heavy atom. The molecule has 34 heavy (non-hydrogen) atoms. The van der Waals surface area contributed by atoms with Crippen LogP contribution in [0.15, 0.2) is 67.0 Å². The van der Waals surface area contributed by atoms with Gasteiger partial charge in [-0.05, 0) is 63.8 Å². The number of benzene rings is 2. The Bertz CT molecular complexity index is 1130. The number of phenolic OH excluding ortho intramolecular Hbond substituents is 1. The standard InChI is InChI=1S/C29H34BrNO3/c1-28(2)17-22(29(3,4)25-15-20(18-30)7-12-24(25)28)19-34-27(33)16-26(31-13-5-6-14-31)21-8-10-23(32)11-9-21/h5-15,22,26,32H,16-19H2,1-4H3/t22?,26-/m0/s1. The molecule has 0 aliphatic heterocycles. The number of aromatic hydroxyl groups is 1. The zero-order valence-corrected chi connectivity index (χ0v) is 22.0. The average molecular weight is 524 g/mol. The molecule has 0 radical (unpaired) electrons. The number of phenols is 1. The van der Waals surface area contributed by atoms with E-state index in [1.807, 2.05) is 41.2 Å². The van der Waals surface area contributed by atoms with Crippen molar-refractivity contribution in [2.45, 2.75) is 62.7 Å². The van der Waals surface area contributed by atoms with Crippen molar-refractivity contribution in [1.82, 2.24) is 4.57 Å². The molecular weight excluding hydrogens is 490 g/mol. The van der Waals surface area contributed by atoms with Gasteiger partial charge in [-0.15, -0.1) is 0 Å². The summed E-state index contributed by atoms with van der Waals surface area (Å²) < 4.78 is 7.96. The average Bonchev–Trinajstić information content (AvgIpc) is 3.34. The Kier molecular flexibility index (Phi) is 6.95. The maximum atomic E-state index is 13.1. The van der Waals surface area contributed by atoms with Gasteiger partial charge in [0, 0.05) is 23.6 Å². The number of rotatable bonds is 7. The number of esters is 1. The second-order valence-corrected chi connectivity index (χ2v) is 11.2. The van der Waals surface area contributed by atoms with Crippen LogP contribution in [0.5, 0.6) is 5.75 Å². The summed E-state index contributed by atoms with van der Waals surface area (Å²) in [6.45, 7) is 9.53. The van der Waals surface area contributed by atoms with Crippen molar-refractivity contribution >= 4 is 21.9 Å². The molecule has 2 aromatic carbocycles. The van der Waals surface area contributed by atoms with Crippen molar-refractivity contribution < 1.29 is 14.6 Å². The number of carbonyl (C=O) groups excluding carboxylic acids is 1. The smallest absolute Gasteiger partial charge is 0.308 e. The monoisotopic (exact) mass is 523 g/mol. The number of ether oxygens (including phenoxy) is 1. The summed E-state index contributed by atoms with van der Waals surface area (Å²) in [6, 6.07) is 17.5. The Labute approximate surface area is 211 Å². The minimum Gasteiger partial charge on any atom is -0.508 e. The summed E-state index contributed by atoms with van der Waals surface area (Å²) in [7, 11) is 0. The second kappa shape index (κ2) is 9.61. The first-order valence-electron chi connectivity index (χ1n) is 11.9. The molecule has 2 atom stereocenters. The van der Waals surface area contributed by atoms with E-state index < -0.39 is 0 Å². The molecular formula is C29H34BrNO3. The maximum absolute atomic E-state index is 13.1. The lowest BCUT2D eigenvalue weighted by Gasteiger charge is -2.47. The topological polar surface area (TPSA) is 51.5 Å². The molecule has 1 aliphatic rings. The van der Waals surface area contributed by atoms with Gasteiger partial charge in [0.15, 0.2) is 0 Å². The van der Waals surface area contributed by atoms with Crippen molar-refractivity contribution in [2.24, 2.45) is 5.92 Å². The van der Waals surface area contributed by atoms with E-state index in [1.165, 1.54) is 16.7 Å². The van der Waals surface area contributed by atoms with Gasteiger partial charge in [0.2, 0.25) is 0 Å². The first kappa shape index (κ1) is 24.6. The van der Waals surface area contributed by atoms with Gasteiger partial charge < -0.3 is 14.4 Å². The largest absolute Gasteiger partial charge is 0.508 e. The fourth-order valence-electron chi connectivity index (χ4n) is 5.32. The molecule has 3 aromatic rings. The number of halogens is 1. The van der Waals surface area contributed by atoms with Crippen LogP contribution < -0.4 is 0 Å². The van der Waals surface area contributed by atoms with Gasteiger partial charge in [0.1, 0.15) is 5.75 Å². The lowest BCUT2D eigenvalue weighted by molar-refractivity contribution is -0.146. The molecule has 1 heterocycles. The molecule has 1 aromatic heterocycles. The van der Waals surface area contributed by atoms with Crippen LogP contribution in [-0.2, 0) is 25.7 Å². The SMILES string of the molecule is CC1(C)CC(COC(=O)C[C@@H](c2ccc(O)cc2)n2cccc2)C(C)(C)c2cc(CBr)ccc21. The molecule has 4 rings (SSSR count). The molecule has 0 fully saturated rings. The van der Waals surface area contributed by atoms with Crippen LogP contribution in [0.1, 0.15) is 68.8 Å². The number of alkyl halides is 1. The zero-order valence-electron chi connectivity index (χ0n) is 20.4. The normalized spacial score (nSPS) is 19.3. The minimum absolute atomic E-state index is 0.0203. The number of hydrogen-bond donors (Lipinski definition) is 1. The number of hydrogen-bond acceptors (Lipinski definition) is 3. The third kappa shape index (κ3) is 4.95. The Morgan fingerprint density at radius 3 is 2.41 bits per heavy atom. The van der Waals surface area contributed by atoms with E-state index in [4.69, 9.17) is 4.74 Å². The molecule has 4 nitrogen and oxygen atoms in total. The van der Waals surface area contributed by atoms with Crippen molar-refractivity contribution in [1.29, 1.82) is 0 Å². The molecule has 1 aliphatic carbocycles. The predicted molar refractivity (Wildman–Crippen MR) is 139 cm³/mol. The molecule has 1 N–H and O–H groups in total. The second-order valence-electron chi connectivity index (χ2n) is 10.6. The van der Waals surface area contributed by atoms with Crippen molar-refractivity contribution in [3.05, 3.63) is 89.2 Å². The van der Waals surface area contributed by atoms with Gasteiger partial charge in [-0.3, -0.25) is 4.79 Å². The molecule has 1 unspecified atom stereocenters. The molecule has 0 saturated carbocycles. The molecule has 0 bridgehead atoms. The van der Waals surface area contributed by atoms with E-state index in [0.717, 1.165) is 17.3 Å². The number of nitrogens with zero attached hydrogens (tertiary/aromatic N) is 1. The van der Waals surface area contributed by atoms with Gasteiger partial charge in [-0.1, -0.05) is 74.0 Å². The lowest BCUT2D eigenvalue weighted by Crippen LogP contribution is -2.44. The summed E-state index contributed by atoms with van der Waals surface area (Å²) in [5.41, 5.74) is 4.90. The van der Waals surface area contributed by atoms with Crippen molar-refractivity contribution in [2.75, 3.05) is 6.61 Å². The number of aromatic nitrogens is 1. The molecule has 0 saturated heterocycles. The molecule has 0 spiro atoms. The van der Waals surface area contributed by atoms with Crippen molar-refractivity contribution in [3.63, 3.8) is 0 Å². The van der Waals surface area contributed by atoms with Gasteiger partial charge in [0.05, 0.1) is 19.1 Å². The van der Waals surface area contributed by atoms with E-state index in [1.54, 1.807) is 12.1 Å². The minimum atomic E-state index is -0.208. The first-order valence-corrected chi connectivity index (χ1v) is 13.0. The van der Waals surface area contributed by atoms with Crippen LogP contribution in [0, 0.1) is 5.92 Å². The van der Waals surface area contributed by atoms with E-state index in [2.05, 4.69) is 61.8 Å². The maximum Gasteiger partial charge on any atom is 0.308 e. The third-order valence-electron chi connectivity index (χ3n) is 7.51. The fourth-order valence-corrected chi connectivity index (χ4v) is 5.67. The summed E-state index contributed by atoms with van der Waals surface area (Å²) in [4.78, 5) is 13.1. The van der Waals surface area contributed by atoms with E-state index in [-0.39, 0.29) is 40.9 Å². The van der Waals surface area contributed by atoms with Crippen LogP contribution in [0.3, 0.4) is 0 Å². The third-order valence-corrected chi connectivity index (χ3v) is 8.16. The highest BCUT2D eigenvalue weighted by Gasteiger charge is 2.44. The summed E-state index contributed by atoms with van der Waals surface area (Å²) in [5, 5.41) is 10.5.